The molecule has 0 radical (unpaired) electrons. The Bertz CT molecular complexity index is 580. The molecule has 0 fully saturated rings. The van der Waals surface area contributed by atoms with Gasteiger partial charge in [-0.05, 0) is 19.3 Å². The van der Waals surface area contributed by atoms with Crippen LogP contribution >= 0.6 is 11.3 Å². The van der Waals surface area contributed by atoms with E-state index in [1.165, 1.54) is 30.6 Å². The summed E-state index contributed by atoms with van der Waals surface area (Å²) in [4.78, 5) is 31.1. The van der Waals surface area contributed by atoms with Crippen molar-refractivity contribution in [2.75, 3.05) is 40.5 Å². The van der Waals surface area contributed by atoms with E-state index in [-0.39, 0.29) is 11.8 Å². The molecule has 1 aromatic heterocycles. The molecule has 0 unspecified atom stereocenters. The smallest absolute Gasteiger partial charge is 0.270 e. The number of hydrogen-bond donors (Lipinski definition) is 1. The number of amides is 2. The van der Waals surface area contributed by atoms with Crippen molar-refractivity contribution in [1.82, 2.24) is 15.2 Å². The zero-order chi connectivity index (χ0) is 21.3. The van der Waals surface area contributed by atoms with Gasteiger partial charge in [-0.15, -0.1) is 11.3 Å². The Morgan fingerprint density at radius 3 is 2.52 bits per heavy atom. The first kappa shape index (κ1) is 25.5. The van der Waals surface area contributed by atoms with Gasteiger partial charge in [0.15, 0.2) is 0 Å². The Morgan fingerprint density at radius 2 is 1.79 bits per heavy atom. The molecule has 0 aliphatic rings. The largest absolute Gasteiger partial charge is 0.385 e. The van der Waals surface area contributed by atoms with Crippen molar-refractivity contribution in [3.8, 4) is 0 Å². The van der Waals surface area contributed by atoms with E-state index in [0.29, 0.717) is 45.0 Å². The number of methoxy groups -OCH3 is 2. The molecule has 1 N–H and O–H groups in total. The first-order valence-corrected chi connectivity index (χ1v) is 11.5. The summed E-state index contributed by atoms with van der Waals surface area (Å²) in [5.74, 6) is -0.0323. The second-order valence-electron chi connectivity index (χ2n) is 7.05. The van der Waals surface area contributed by atoms with Crippen LogP contribution in [0.3, 0.4) is 0 Å². The highest BCUT2D eigenvalue weighted by atomic mass is 32.1. The third-order valence-corrected chi connectivity index (χ3v) is 5.38. The monoisotopic (exact) mass is 427 g/mol. The third-order valence-electron chi connectivity index (χ3n) is 4.54. The van der Waals surface area contributed by atoms with Crippen molar-refractivity contribution < 1.29 is 19.1 Å². The highest BCUT2D eigenvalue weighted by Crippen LogP contribution is 2.15. The van der Waals surface area contributed by atoms with E-state index < -0.39 is 0 Å². The van der Waals surface area contributed by atoms with Crippen LogP contribution in [-0.2, 0) is 20.8 Å². The molecule has 1 aromatic rings. The zero-order valence-electron chi connectivity index (χ0n) is 18.2. The number of aromatic nitrogens is 1. The minimum atomic E-state index is -0.184. The fraction of sp³-hybridized carbons (Fsp3) is 0.762. The van der Waals surface area contributed by atoms with Gasteiger partial charge in [-0.3, -0.25) is 9.59 Å². The highest BCUT2D eigenvalue weighted by molar-refractivity contribution is 7.09. The van der Waals surface area contributed by atoms with E-state index in [1.54, 1.807) is 19.6 Å². The summed E-state index contributed by atoms with van der Waals surface area (Å²) in [6, 6.07) is 0. The fourth-order valence-corrected chi connectivity index (χ4v) is 3.68. The molecule has 1 heterocycles. The number of rotatable bonds is 17. The third kappa shape index (κ3) is 11.3. The van der Waals surface area contributed by atoms with Gasteiger partial charge in [-0.1, -0.05) is 32.6 Å². The molecule has 8 heteroatoms. The summed E-state index contributed by atoms with van der Waals surface area (Å²) in [7, 11) is 3.30. The molecular weight excluding hydrogens is 390 g/mol. The first-order chi connectivity index (χ1) is 14.1. The van der Waals surface area contributed by atoms with Crippen molar-refractivity contribution in [2.45, 2.75) is 64.8 Å². The maximum atomic E-state index is 12.7. The maximum absolute atomic E-state index is 12.7. The molecule has 29 heavy (non-hydrogen) atoms. The minimum Gasteiger partial charge on any atom is -0.385 e. The van der Waals surface area contributed by atoms with Crippen LogP contribution < -0.4 is 5.32 Å². The molecule has 7 nitrogen and oxygen atoms in total. The predicted molar refractivity (Wildman–Crippen MR) is 116 cm³/mol. The molecule has 0 aliphatic carbocycles. The van der Waals surface area contributed by atoms with Gasteiger partial charge in [0, 0.05) is 52.3 Å². The second kappa shape index (κ2) is 16.3. The summed E-state index contributed by atoms with van der Waals surface area (Å²) in [6.45, 7) is 5.05. The van der Waals surface area contributed by atoms with Gasteiger partial charge in [0.2, 0.25) is 5.91 Å². The predicted octanol–water partition coefficient (Wildman–Crippen LogP) is 3.64. The van der Waals surface area contributed by atoms with Gasteiger partial charge in [0.1, 0.15) is 10.7 Å². The Morgan fingerprint density at radius 1 is 1.07 bits per heavy atom. The van der Waals surface area contributed by atoms with Crippen molar-refractivity contribution in [3.05, 3.63) is 16.1 Å². The Balaban J connectivity index is 2.55. The lowest BCUT2D eigenvalue weighted by Crippen LogP contribution is -2.32. The quantitative estimate of drug-likeness (QED) is 0.384. The average Bonchev–Trinajstić information content (AvgIpc) is 3.19. The SMILES string of the molecule is CCCCCCCC(=O)N(CCCOC)Cc1nc(C(=O)NCCCOC)cs1. The summed E-state index contributed by atoms with van der Waals surface area (Å²) in [6.07, 6.45) is 7.74. The van der Waals surface area contributed by atoms with Crippen molar-refractivity contribution in [1.29, 1.82) is 0 Å². The van der Waals surface area contributed by atoms with E-state index in [9.17, 15) is 9.59 Å². The number of nitrogens with zero attached hydrogens (tertiary/aromatic N) is 2. The maximum Gasteiger partial charge on any atom is 0.270 e. The van der Waals surface area contributed by atoms with Crippen LogP contribution in [0, 0.1) is 0 Å². The highest BCUT2D eigenvalue weighted by Gasteiger charge is 2.17. The number of carbonyl (C=O) groups excluding carboxylic acids is 2. The summed E-state index contributed by atoms with van der Waals surface area (Å²) in [5, 5.41) is 5.37. The van der Waals surface area contributed by atoms with Crippen molar-refractivity contribution in [3.63, 3.8) is 0 Å². The fourth-order valence-electron chi connectivity index (χ4n) is 2.89. The first-order valence-electron chi connectivity index (χ1n) is 10.6. The number of nitrogens with one attached hydrogen (secondary N) is 1. The number of hydrogen-bond acceptors (Lipinski definition) is 6. The lowest BCUT2D eigenvalue weighted by Gasteiger charge is -2.21. The van der Waals surface area contributed by atoms with E-state index in [1.807, 2.05) is 4.90 Å². The summed E-state index contributed by atoms with van der Waals surface area (Å²) in [5.41, 5.74) is 0.409. The number of unbranched alkanes of at least 4 members (excludes halogenated alkanes) is 4. The molecule has 0 spiro atoms. The Labute approximate surface area is 179 Å². The molecule has 0 saturated heterocycles. The molecule has 1 rings (SSSR count). The van der Waals surface area contributed by atoms with Crippen LogP contribution in [0.2, 0.25) is 0 Å². The van der Waals surface area contributed by atoms with E-state index in [4.69, 9.17) is 9.47 Å². The van der Waals surface area contributed by atoms with Gasteiger partial charge < -0.3 is 19.7 Å². The van der Waals surface area contributed by atoms with Crippen molar-refractivity contribution >= 4 is 23.2 Å². The number of ether oxygens (including phenoxy) is 2. The van der Waals surface area contributed by atoms with Crippen LogP contribution in [0.25, 0.3) is 0 Å². The zero-order valence-corrected chi connectivity index (χ0v) is 19.0. The van der Waals surface area contributed by atoms with Crippen LogP contribution in [0.4, 0.5) is 0 Å². The molecule has 0 aliphatic heterocycles. The standard InChI is InChI=1S/C21H37N3O4S/c1-4-5-6-7-8-11-20(25)24(13-10-15-28-3)16-19-23-18(17-29-19)21(26)22-12-9-14-27-2/h17H,4-16H2,1-3H3,(H,22,26). The van der Waals surface area contributed by atoms with E-state index in [2.05, 4.69) is 17.2 Å². The molecule has 0 atom stereocenters. The molecule has 0 saturated carbocycles. The average molecular weight is 428 g/mol. The van der Waals surface area contributed by atoms with Crippen molar-refractivity contribution in [2.24, 2.45) is 0 Å². The molecule has 2 amide bonds. The molecule has 0 aromatic carbocycles. The summed E-state index contributed by atoms with van der Waals surface area (Å²) >= 11 is 1.42. The number of thiazole rings is 1. The number of carbonyl (C=O) groups is 2. The molecule has 166 valence electrons. The Hall–Kier alpha value is -1.51. The van der Waals surface area contributed by atoms with E-state index >= 15 is 0 Å². The van der Waals surface area contributed by atoms with E-state index in [0.717, 1.165) is 30.7 Å². The van der Waals surface area contributed by atoms with Crippen LogP contribution in [0.5, 0.6) is 0 Å². The van der Waals surface area contributed by atoms with Crippen LogP contribution in [0.1, 0.15) is 73.8 Å². The topological polar surface area (TPSA) is 80.8 Å². The molecule has 0 bridgehead atoms. The lowest BCUT2D eigenvalue weighted by molar-refractivity contribution is -0.132. The van der Waals surface area contributed by atoms with Gasteiger partial charge >= 0.3 is 0 Å². The van der Waals surface area contributed by atoms with Crippen LogP contribution in [-0.4, -0.2) is 62.2 Å². The Kier molecular flexibility index (Phi) is 14.4. The van der Waals surface area contributed by atoms with Gasteiger partial charge in [-0.2, -0.15) is 0 Å². The molecular formula is C21H37N3O4S. The van der Waals surface area contributed by atoms with Gasteiger partial charge in [-0.25, -0.2) is 4.98 Å². The van der Waals surface area contributed by atoms with Gasteiger partial charge in [0.05, 0.1) is 6.54 Å². The summed E-state index contributed by atoms with van der Waals surface area (Å²) < 4.78 is 10.1. The lowest BCUT2D eigenvalue weighted by atomic mass is 10.1. The second-order valence-corrected chi connectivity index (χ2v) is 8.00. The van der Waals surface area contributed by atoms with Gasteiger partial charge in [0.25, 0.3) is 5.91 Å². The normalized spacial score (nSPS) is 10.9. The van der Waals surface area contributed by atoms with Crippen LogP contribution in [0.15, 0.2) is 5.38 Å². The minimum absolute atomic E-state index is 0.151.